The number of Topliss-reactive ketones (excluding diaryl/α,β-unsaturated/α-hetero) is 1. The minimum atomic E-state index is -0.282. The minimum Gasteiger partial charge on any atom is -0.365 e. The number of hydrogen-bond acceptors (Lipinski definition) is 2. The van der Waals surface area contributed by atoms with E-state index in [1.165, 1.54) is 13.0 Å². The van der Waals surface area contributed by atoms with Gasteiger partial charge in [-0.05, 0) is 37.8 Å². The second-order valence-electron chi connectivity index (χ2n) is 5.47. The first-order valence-corrected chi connectivity index (χ1v) is 6.56. The molecule has 2 nitrogen and oxygen atoms in total. The van der Waals surface area contributed by atoms with Crippen molar-refractivity contribution in [3.63, 3.8) is 0 Å². The Morgan fingerprint density at radius 1 is 1.44 bits per heavy atom. The fraction of sp³-hybridized carbons (Fsp3) is 0.533. The van der Waals surface area contributed by atoms with Crippen LogP contribution in [-0.2, 0) is 0 Å². The second-order valence-corrected chi connectivity index (χ2v) is 5.47. The van der Waals surface area contributed by atoms with Crippen molar-refractivity contribution >= 4 is 11.5 Å². The number of hydrogen-bond donors (Lipinski definition) is 0. The smallest absolute Gasteiger partial charge is 0.161 e. The summed E-state index contributed by atoms with van der Waals surface area (Å²) in [5.41, 5.74) is 1.00. The van der Waals surface area contributed by atoms with Gasteiger partial charge in [-0.1, -0.05) is 19.9 Å². The normalized spacial score (nSPS) is 14.9. The molecule has 0 radical (unpaired) electrons. The van der Waals surface area contributed by atoms with E-state index in [0.717, 1.165) is 19.4 Å². The molecule has 1 fully saturated rings. The van der Waals surface area contributed by atoms with Crippen molar-refractivity contribution in [2.75, 3.05) is 11.4 Å². The Labute approximate surface area is 108 Å². The fourth-order valence-electron chi connectivity index (χ4n) is 2.29. The van der Waals surface area contributed by atoms with Gasteiger partial charge >= 0.3 is 0 Å². The van der Waals surface area contributed by atoms with Gasteiger partial charge in [-0.3, -0.25) is 4.79 Å². The van der Waals surface area contributed by atoms with Crippen molar-refractivity contribution in [3.8, 4) is 0 Å². The van der Waals surface area contributed by atoms with Crippen LogP contribution in [0.4, 0.5) is 10.1 Å². The zero-order valence-electron chi connectivity index (χ0n) is 11.2. The summed E-state index contributed by atoms with van der Waals surface area (Å²) in [6, 6.07) is 5.17. The Kier molecular flexibility index (Phi) is 3.69. The molecule has 1 aliphatic carbocycles. The highest BCUT2D eigenvalue weighted by atomic mass is 19.1. The van der Waals surface area contributed by atoms with Crippen LogP contribution in [0.25, 0.3) is 0 Å². The van der Waals surface area contributed by atoms with Crippen molar-refractivity contribution in [3.05, 3.63) is 29.6 Å². The molecule has 1 aliphatic rings. The molecule has 0 bridgehead atoms. The highest BCUT2D eigenvalue weighted by Crippen LogP contribution is 2.36. The molecule has 18 heavy (non-hydrogen) atoms. The zero-order valence-corrected chi connectivity index (χ0v) is 11.2. The van der Waals surface area contributed by atoms with Crippen LogP contribution < -0.4 is 4.90 Å². The van der Waals surface area contributed by atoms with Gasteiger partial charge in [0.25, 0.3) is 0 Å². The van der Waals surface area contributed by atoms with E-state index in [-0.39, 0.29) is 11.6 Å². The Morgan fingerprint density at radius 3 is 2.61 bits per heavy atom. The molecule has 0 aliphatic heterocycles. The van der Waals surface area contributed by atoms with E-state index in [0.29, 0.717) is 23.2 Å². The van der Waals surface area contributed by atoms with Crippen LogP contribution in [0.3, 0.4) is 0 Å². The number of para-hydroxylation sites is 1. The molecule has 0 heterocycles. The number of ketones is 1. The van der Waals surface area contributed by atoms with E-state index < -0.39 is 0 Å². The van der Waals surface area contributed by atoms with Crippen LogP contribution in [-0.4, -0.2) is 18.4 Å². The molecule has 0 unspecified atom stereocenters. The Hall–Kier alpha value is -1.38. The Morgan fingerprint density at radius 2 is 2.11 bits per heavy atom. The van der Waals surface area contributed by atoms with Gasteiger partial charge in [0.15, 0.2) is 5.78 Å². The SMILES string of the molecule is CC(=O)c1cccc(F)c1N(CC(C)C)C1CC1. The first-order chi connectivity index (χ1) is 8.50. The van der Waals surface area contributed by atoms with E-state index in [1.807, 2.05) is 0 Å². The lowest BCUT2D eigenvalue weighted by Crippen LogP contribution is -2.32. The minimum absolute atomic E-state index is 0.0705. The van der Waals surface area contributed by atoms with Gasteiger partial charge in [-0.2, -0.15) is 0 Å². The molecule has 0 amide bonds. The van der Waals surface area contributed by atoms with Crippen LogP contribution in [0, 0.1) is 11.7 Å². The molecule has 0 aromatic heterocycles. The summed E-state index contributed by atoms with van der Waals surface area (Å²) in [5.74, 6) is 0.0965. The zero-order chi connectivity index (χ0) is 13.3. The fourth-order valence-corrected chi connectivity index (χ4v) is 2.29. The van der Waals surface area contributed by atoms with Gasteiger partial charge in [0, 0.05) is 18.2 Å². The average molecular weight is 249 g/mol. The van der Waals surface area contributed by atoms with Gasteiger partial charge in [0.2, 0.25) is 0 Å². The first-order valence-electron chi connectivity index (χ1n) is 6.56. The number of rotatable bonds is 5. The molecule has 98 valence electrons. The highest BCUT2D eigenvalue weighted by Gasteiger charge is 2.32. The monoisotopic (exact) mass is 249 g/mol. The molecule has 0 N–H and O–H groups in total. The van der Waals surface area contributed by atoms with Gasteiger partial charge in [-0.25, -0.2) is 4.39 Å². The van der Waals surface area contributed by atoms with E-state index in [2.05, 4.69) is 18.7 Å². The molecule has 0 atom stereocenters. The van der Waals surface area contributed by atoms with Crippen molar-refractivity contribution < 1.29 is 9.18 Å². The van der Waals surface area contributed by atoms with Crippen molar-refractivity contribution in [1.82, 2.24) is 0 Å². The number of carbonyl (C=O) groups is 1. The second kappa shape index (κ2) is 5.09. The third-order valence-electron chi connectivity index (χ3n) is 3.20. The molecule has 0 saturated heterocycles. The summed E-state index contributed by atoms with van der Waals surface area (Å²) in [5, 5.41) is 0. The summed E-state index contributed by atoms with van der Waals surface area (Å²) in [6.45, 7) is 6.53. The van der Waals surface area contributed by atoms with E-state index in [1.54, 1.807) is 12.1 Å². The maximum Gasteiger partial charge on any atom is 0.161 e. The maximum absolute atomic E-state index is 14.1. The van der Waals surface area contributed by atoms with Gasteiger partial charge < -0.3 is 4.90 Å². The topological polar surface area (TPSA) is 20.3 Å². The van der Waals surface area contributed by atoms with Crippen LogP contribution in [0.15, 0.2) is 18.2 Å². The predicted molar refractivity (Wildman–Crippen MR) is 71.6 cm³/mol. The first kappa shape index (κ1) is 13.1. The largest absolute Gasteiger partial charge is 0.365 e. The van der Waals surface area contributed by atoms with Crippen LogP contribution in [0.2, 0.25) is 0 Å². The van der Waals surface area contributed by atoms with Crippen molar-refractivity contribution in [1.29, 1.82) is 0 Å². The summed E-state index contributed by atoms with van der Waals surface area (Å²) in [7, 11) is 0. The van der Waals surface area contributed by atoms with Gasteiger partial charge in [0.05, 0.1) is 5.69 Å². The molecule has 2 rings (SSSR count). The average Bonchev–Trinajstić information content (AvgIpc) is 3.09. The molecule has 0 spiro atoms. The predicted octanol–water partition coefficient (Wildman–Crippen LogP) is 3.65. The van der Waals surface area contributed by atoms with E-state index in [4.69, 9.17) is 0 Å². The number of nitrogens with zero attached hydrogens (tertiary/aromatic N) is 1. The third kappa shape index (κ3) is 2.71. The maximum atomic E-state index is 14.1. The van der Waals surface area contributed by atoms with Crippen molar-refractivity contribution in [2.45, 2.75) is 39.7 Å². The van der Waals surface area contributed by atoms with E-state index >= 15 is 0 Å². The van der Waals surface area contributed by atoms with Gasteiger partial charge in [-0.15, -0.1) is 0 Å². The summed E-state index contributed by atoms with van der Waals surface area (Å²) >= 11 is 0. The lowest BCUT2D eigenvalue weighted by Gasteiger charge is -2.28. The summed E-state index contributed by atoms with van der Waals surface area (Å²) in [6.07, 6.45) is 2.19. The van der Waals surface area contributed by atoms with Crippen LogP contribution in [0.1, 0.15) is 44.0 Å². The summed E-state index contributed by atoms with van der Waals surface area (Å²) < 4.78 is 14.1. The molecule has 1 aromatic rings. The molecule has 3 heteroatoms. The van der Waals surface area contributed by atoms with Crippen LogP contribution >= 0.6 is 0 Å². The molecular weight excluding hydrogens is 229 g/mol. The quantitative estimate of drug-likeness (QED) is 0.742. The number of benzene rings is 1. The van der Waals surface area contributed by atoms with Gasteiger partial charge in [0.1, 0.15) is 5.82 Å². The molecule has 1 saturated carbocycles. The van der Waals surface area contributed by atoms with Crippen molar-refractivity contribution in [2.24, 2.45) is 5.92 Å². The summed E-state index contributed by atoms with van der Waals surface area (Å²) in [4.78, 5) is 13.7. The third-order valence-corrected chi connectivity index (χ3v) is 3.20. The Balaban J connectivity index is 2.42. The van der Waals surface area contributed by atoms with Crippen LogP contribution in [0.5, 0.6) is 0 Å². The van der Waals surface area contributed by atoms with E-state index in [9.17, 15) is 9.18 Å². The molecular formula is C15H20FNO. The number of halogens is 1. The molecule has 1 aromatic carbocycles. The lowest BCUT2D eigenvalue weighted by molar-refractivity contribution is 0.101. The number of carbonyl (C=O) groups excluding carboxylic acids is 1. The standard InChI is InChI=1S/C15H20FNO/c1-10(2)9-17(12-7-8-12)15-13(11(3)18)5-4-6-14(15)16/h4-6,10,12H,7-9H2,1-3H3. The highest BCUT2D eigenvalue weighted by molar-refractivity contribution is 6.00. The lowest BCUT2D eigenvalue weighted by atomic mass is 10.1. The Bertz CT molecular complexity index is 452. The number of anilines is 1.